The van der Waals surface area contributed by atoms with E-state index in [0.29, 0.717) is 18.9 Å². The summed E-state index contributed by atoms with van der Waals surface area (Å²) in [6, 6.07) is 0. The maximum atomic E-state index is 11.5. The van der Waals surface area contributed by atoms with E-state index < -0.39 is 0 Å². The monoisotopic (exact) mass is 208 g/mol. The summed E-state index contributed by atoms with van der Waals surface area (Å²) in [6.45, 7) is 5.15. The van der Waals surface area contributed by atoms with Crippen LogP contribution in [-0.4, -0.2) is 22.3 Å². The lowest BCUT2D eigenvalue weighted by Crippen LogP contribution is -2.24. The summed E-state index contributed by atoms with van der Waals surface area (Å²) < 4.78 is 0. The summed E-state index contributed by atoms with van der Waals surface area (Å²) in [7, 11) is 0. The Morgan fingerprint density at radius 2 is 2.64 bits per heavy atom. The van der Waals surface area contributed by atoms with Crippen LogP contribution in [0.3, 0.4) is 0 Å². The van der Waals surface area contributed by atoms with Gasteiger partial charge in [0.15, 0.2) is 0 Å². The fourth-order valence-corrected chi connectivity index (χ4v) is 2.17. The summed E-state index contributed by atoms with van der Waals surface area (Å²) in [5.41, 5.74) is 2.77. The van der Waals surface area contributed by atoms with Crippen LogP contribution >= 0.6 is 11.3 Å². The molecule has 1 fully saturated rings. The van der Waals surface area contributed by atoms with E-state index in [4.69, 9.17) is 0 Å². The zero-order valence-electron chi connectivity index (χ0n) is 7.85. The lowest BCUT2D eigenvalue weighted by atomic mass is 10.1. The van der Waals surface area contributed by atoms with E-state index >= 15 is 0 Å². The zero-order chi connectivity index (χ0) is 9.97. The molecule has 0 radical (unpaired) electrons. The number of likely N-dealkylation sites (tertiary alicyclic amines) is 1. The molecular weight excluding hydrogens is 196 g/mol. The third-order valence-electron chi connectivity index (χ3n) is 2.41. The second kappa shape index (κ2) is 3.92. The van der Waals surface area contributed by atoms with Crippen molar-refractivity contribution in [1.29, 1.82) is 0 Å². The molecule has 1 aliphatic heterocycles. The molecule has 1 saturated heterocycles. The molecule has 1 aromatic heterocycles. The summed E-state index contributed by atoms with van der Waals surface area (Å²) in [5, 5.41) is 1.98. The van der Waals surface area contributed by atoms with Crippen LogP contribution in [-0.2, 0) is 11.3 Å². The van der Waals surface area contributed by atoms with Gasteiger partial charge in [0.1, 0.15) is 0 Å². The third-order valence-corrected chi connectivity index (χ3v) is 3.05. The van der Waals surface area contributed by atoms with Crippen molar-refractivity contribution in [3.05, 3.63) is 29.2 Å². The average Bonchev–Trinajstić information content (AvgIpc) is 2.78. The molecule has 1 atom stereocenters. The molecule has 14 heavy (non-hydrogen) atoms. The molecule has 0 bridgehead atoms. The molecule has 1 amide bonds. The summed E-state index contributed by atoms with van der Waals surface area (Å²) in [6.07, 6.45) is 2.46. The minimum Gasteiger partial charge on any atom is -0.336 e. The van der Waals surface area contributed by atoms with E-state index in [0.717, 1.165) is 12.2 Å². The van der Waals surface area contributed by atoms with Gasteiger partial charge in [0.05, 0.1) is 17.7 Å². The van der Waals surface area contributed by atoms with Gasteiger partial charge in [-0.1, -0.05) is 6.08 Å². The number of amides is 1. The van der Waals surface area contributed by atoms with Crippen LogP contribution < -0.4 is 0 Å². The van der Waals surface area contributed by atoms with Gasteiger partial charge in [0.25, 0.3) is 0 Å². The van der Waals surface area contributed by atoms with Gasteiger partial charge in [0, 0.05) is 24.3 Å². The molecule has 1 unspecified atom stereocenters. The maximum absolute atomic E-state index is 11.5. The summed E-state index contributed by atoms with van der Waals surface area (Å²) in [4.78, 5) is 17.5. The third kappa shape index (κ3) is 1.85. The van der Waals surface area contributed by atoms with Gasteiger partial charge in [-0.15, -0.1) is 17.9 Å². The number of thiazole rings is 1. The normalized spacial score (nSPS) is 21.6. The average molecular weight is 208 g/mol. The van der Waals surface area contributed by atoms with Crippen LogP contribution in [0.15, 0.2) is 23.5 Å². The molecule has 0 aliphatic carbocycles. The molecule has 0 aromatic carbocycles. The van der Waals surface area contributed by atoms with Crippen molar-refractivity contribution in [2.75, 3.05) is 6.54 Å². The lowest BCUT2D eigenvalue weighted by molar-refractivity contribution is -0.128. The molecule has 0 saturated carbocycles. The minimum absolute atomic E-state index is 0.211. The second-order valence-electron chi connectivity index (χ2n) is 3.45. The number of hydrogen-bond donors (Lipinski definition) is 0. The second-order valence-corrected chi connectivity index (χ2v) is 4.17. The molecule has 0 N–H and O–H groups in total. The molecule has 2 heterocycles. The van der Waals surface area contributed by atoms with Crippen molar-refractivity contribution >= 4 is 17.2 Å². The predicted molar refractivity (Wildman–Crippen MR) is 55.8 cm³/mol. The minimum atomic E-state index is 0.211. The van der Waals surface area contributed by atoms with Gasteiger partial charge in [-0.05, 0) is 0 Å². The van der Waals surface area contributed by atoms with Crippen molar-refractivity contribution in [3.8, 4) is 0 Å². The van der Waals surface area contributed by atoms with Crippen molar-refractivity contribution in [2.24, 2.45) is 5.92 Å². The van der Waals surface area contributed by atoms with E-state index in [1.165, 1.54) is 0 Å². The largest absolute Gasteiger partial charge is 0.336 e. The van der Waals surface area contributed by atoms with Crippen LogP contribution in [0.1, 0.15) is 12.1 Å². The summed E-state index contributed by atoms with van der Waals surface area (Å²) >= 11 is 1.56. The molecule has 0 spiro atoms. The van der Waals surface area contributed by atoms with Crippen LogP contribution in [0.2, 0.25) is 0 Å². The standard InChI is InChI=1S/C10H12N2OS/c1-2-8-3-10(13)12(4-8)5-9-6-14-7-11-9/h2,6-8H,1,3-5H2. The number of hydrogen-bond acceptors (Lipinski definition) is 3. The van der Waals surface area contributed by atoms with E-state index in [-0.39, 0.29) is 5.91 Å². The Balaban J connectivity index is 1.99. The van der Waals surface area contributed by atoms with Crippen molar-refractivity contribution in [2.45, 2.75) is 13.0 Å². The zero-order valence-corrected chi connectivity index (χ0v) is 8.67. The first kappa shape index (κ1) is 9.40. The van der Waals surface area contributed by atoms with Crippen LogP contribution in [0.4, 0.5) is 0 Å². The smallest absolute Gasteiger partial charge is 0.223 e. The number of aromatic nitrogens is 1. The van der Waals surface area contributed by atoms with Crippen LogP contribution in [0.5, 0.6) is 0 Å². The number of carbonyl (C=O) groups is 1. The molecule has 3 nitrogen and oxygen atoms in total. The SMILES string of the molecule is C=CC1CC(=O)N(Cc2cscn2)C1. The van der Waals surface area contributed by atoms with Crippen LogP contribution in [0.25, 0.3) is 0 Å². The van der Waals surface area contributed by atoms with E-state index in [1.807, 2.05) is 16.4 Å². The van der Waals surface area contributed by atoms with E-state index in [9.17, 15) is 4.79 Å². The number of nitrogens with zero attached hydrogens (tertiary/aromatic N) is 2. The number of rotatable bonds is 3. The Morgan fingerprint density at radius 3 is 3.21 bits per heavy atom. The Morgan fingerprint density at radius 1 is 1.79 bits per heavy atom. The highest BCUT2D eigenvalue weighted by atomic mass is 32.1. The molecule has 4 heteroatoms. The highest BCUT2D eigenvalue weighted by molar-refractivity contribution is 7.07. The van der Waals surface area contributed by atoms with Gasteiger partial charge >= 0.3 is 0 Å². The Hall–Kier alpha value is -1.16. The Bertz CT molecular complexity index is 334. The molecule has 1 aliphatic rings. The highest BCUT2D eigenvalue weighted by Gasteiger charge is 2.27. The van der Waals surface area contributed by atoms with E-state index in [1.54, 1.807) is 16.8 Å². The number of carbonyl (C=O) groups excluding carboxylic acids is 1. The van der Waals surface area contributed by atoms with E-state index in [2.05, 4.69) is 11.6 Å². The van der Waals surface area contributed by atoms with Crippen LogP contribution in [0, 0.1) is 5.92 Å². The van der Waals surface area contributed by atoms with Gasteiger partial charge in [-0.3, -0.25) is 4.79 Å². The Kier molecular flexibility index (Phi) is 2.63. The highest BCUT2D eigenvalue weighted by Crippen LogP contribution is 2.20. The molecule has 1 aromatic rings. The van der Waals surface area contributed by atoms with Crippen molar-refractivity contribution < 1.29 is 4.79 Å². The fourth-order valence-electron chi connectivity index (χ4n) is 1.62. The topological polar surface area (TPSA) is 33.2 Å². The molecular formula is C10H12N2OS. The van der Waals surface area contributed by atoms with Crippen molar-refractivity contribution in [3.63, 3.8) is 0 Å². The molecule has 2 rings (SSSR count). The Labute approximate surface area is 87.1 Å². The first-order valence-electron chi connectivity index (χ1n) is 4.57. The lowest BCUT2D eigenvalue weighted by Gasteiger charge is -2.13. The first-order chi connectivity index (χ1) is 6.79. The van der Waals surface area contributed by atoms with Gasteiger partial charge in [-0.2, -0.15) is 0 Å². The fraction of sp³-hybridized carbons (Fsp3) is 0.400. The predicted octanol–water partition coefficient (Wildman–Crippen LogP) is 1.68. The van der Waals surface area contributed by atoms with Gasteiger partial charge in [0.2, 0.25) is 5.91 Å². The summed E-state index contributed by atoms with van der Waals surface area (Å²) in [5.74, 6) is 0.532. The van der Waals surface area contributed by atoms with Gasteiger partial charge < -0.3 is 4.90 Å². The maximum Gasteiger partial charge on any atom is 0.223 e. The molecule has 74 valence electrons. The van der Waals surface area contributed by atoms with Gasteiger partial charge in [-0.25, -0.2) is 4.98 Å². The quantitative estimate of drug-likeness (QED) is 0.708. The first-order valence-corrected chi connectivity index (χ1v) is 5.51. The van der Waals surface area contributed by atoms with Crippen molar-refractivity contribution in [1.82, 2.24) is 9.88 Å².